The summed E-state index contributed by atoms with van der Waals surface area (Å²) in [5, 5.41) is 2.21. The van der Waals surface area contributed by atoms with E-state index in [-0.39, 0.29) is 0 Å². The monoisotopic (exact) mass is 274 g/mol. The lowest BCUT2D eigenvalue weighted by molar-refractivity contribution is 0.634. The lowest BCUT2D eigenvalue weighted by Gasteiger charge is -2.00. The van der Waals surface area contributed by atoms with Crippen LogP contribution in [0.5, 0.6) is 0 Å². The van der Waals surface area contributed by atoms with E-state index in [1.807, 2.05) is 11.3 Å². The van der Waals surface area contributed by atoms with Gasteiger partial charge in [0.05, 0.1) is 0 Å². The highest BCUT2D eigenvalue weighted by atomic mass is 79.9. The number of rotatable bonds is 6. The highest BCUT2D eigenvalue weighted by Gasteiger charge is 2.04. The maximum absolute atomic E-state index is 3.56. The van der Waals surface area contributed by atoms with Crippen LogP contribution in [0.25, 0.3) is 0 Å². The largest absolute Gasteiger partial charge is 0.147 e. The van der Waals surface area contributed by atoms with Crippen molar-refractivity contribution in [2.45, 2.75) is 52.4 Å². The van der Waals surface area contributed by atoms with Crippen LogP contribution in [0.3, 0.4) is 0 Å². The molecule has 0 aromatic carbocycles. The maximum atomic E-state index is 3.56. The Morgan fingerprint density at radius 1 is 1.21 bits per heavy atom. The van der Waals surface area contributed by atoms with Crippen LogP contribution in [-0.4, -0.2) is 0 Å². The smallest absolute Gasteiger partial charge is 0.0314 e. The summed E-state index contributed by atoms with van der Waals surface area (Å²) >= 11 is 5.45. The molecule has 0 aliphatic heterocycles. The van der Waals surface area contributed by atoms with Gasteiger partial charge in [-0.05, 0) is 41.3 Å². The van der Waals surface area contributed by atoms with E-state index in [2.05, 4.69) is 35.2 Å². The minimum absolute atomic E-state index is 1.27. The van der Waals surface area contributed by atoms with Crippen molar-refractivity contribution in [3.63, 3.8) is 0 Å². The Balaban J connectivity index is 2.21. The second-order valence-electron chi connectivity index (χ2n) is 3.80. The van der Waals surface area contributed by atoms with Crippen LogP contribution in [0.4, 0.5) is 0 Å². The molecule has 0 amide bonds. The first-order valence-electron chi connectivity index (χ1n) is 5.48. The molecule has 0 bridgehead atoms. The van der Waals surface area contributed by atoms with E-state index >= 15 is 0 Å². The van der Waals surface area contributed by atoms with Gasteiger partial charge in [-0.3, -0.25) is 0 Å². The van der Waals surface area contributed by atoms with Crippen LogP contribution < -0.4 is 0 Å². The SMILES string of the molecule is CCCCCCCc1scc(Br)c1C. The van der Waals surface area contributed by atoms with E-state index in [4.69, 9.17) is 0 Å². The average molecular weight is 275 g/mol. The zero-order valence-corrected chi connectivity index (χ0v) is 11.5. The molecule has 0 saturated carbocycles. The van der Waals surface area contributed by atoms with Crippen LogP contribution in [0.2, 0.25) is 0 Å². The third-order valence-electron chi connectivity index (χ3n) is 2.59. The molecule has 0 aliphatic carbocycles. The minimum Gasteiger partial charge on any atom is -0.147 e. The van der Waals surface area contributed by atoms with Gasteiger partial charge in [0, 0.05) is 14.7 Å². The quantitative estimate of drug-likeness (QED) is 0.615. The molecule has 0 saturated heterocycles. The topological polar surface area (TPSA) is 0 Å². The first-order chi connectivity index (χ1) is 6.75. The first-order valence-corrected chi connectivity index (χ1v) is 7.15. The second kappa shape index (κ2) is 6.62. The average Bonchev–Trinajstić information content (AvgIpc) is 2.49. The molecule has 80 valence electrons. The van der Waals surface area contributed by atoms with Crippen molar-refractivity contribution in [2.24, 2.45) is 0 Å². The number of hydrogen-bond acceptors (Lipinski definition) is 1. The lowest BCUT2D eigenvalue weighted by Crippen LogP contribution is -1.85. The molecule has 0 fully saturated rings. The predicted octanol–water partition coefficient (Wildman–Crippen LogP) is 5.33. The number of hydrogen-bond donors (Lipinski definition) is 0. The molecular formula is C12H19BrS. The minimum atomic E-state index is 1.27. The fourth-order valence-corrected chi connectivity index (χ4v) is 3.19. The van der Waals surface area contributed by atoms with Gasteiger partial charge >= 0.3 is 0 Å². The molecule has 0 radical (unpaired) electrons. The Bertz CT molecular complexity index is 265. The molecule has 0 aliphatic rings. The zero-order chi connectivity index (χ0) is 10.4. The summed E-state index contributed by atoms with van der Waals surface area (Å²) in [7, 11) is 0. The molecule has 0 N–H and O–H groups in total. The predicted molar refractivity (Wildman–Crippen MR) is 69.2 cm³/mol. The molecule has 2 heteroatoms. The van der Waals surface area contributed by atoms with Crippen molar-refractivity contribution in [2.75, 3.05) is 0 Å². The van der Waals surface area contributed by atoms with Crippen molar-refractivity contribution >= 4 is 27.3 Å². The van der Waals surface area contributed by atoms with Crippen molar-refractivity contribution in [1.82, 2.24) is 0 Å². The third kappa shape index (κ3) is 3.74. The Morgan fingerprint density at radius 3 is 2.50 bits per heavy atom. The number of thiophene rings is 1. The van der Waals surface area contributed by atoms with Gasteiger partial charge in [0.2, 0.25) is 0 Å². The van der Waals surface area contributed by atoms with Crippen LogP contribution in [0, 0.1) is 6.92 Å². The molecule has 0 nitrogen and oxygen atoms in total. The maximum Gasteiger partial charge on any atom is 0.0314 e. The molecule has 1 aromatic heterocycles. The number of halogens is 1. The fraction of sp³-hybridized carbons (Fsp3) is 0.667. The number of unbranched alkanes of at least 4 members (excludes halogenated alkanes) is 4. The van der Waals surface area contributed by atoms with E-state index in [9.17, 15) is 0 Å². The highest BCUT2D eigenvalue weighted by molar-refractivity contribution is 9.10. The fourth-order valence-electron chi connectivity index (χ4n) is 1.57. The van der Waals surface area contributed by atoms with Crippen molar-refractivity contribution < 1.29 is 0 Å². The summed E-state index contributed by atoms with van der Waals surface area (Å²) in [5.74, 6) is 0. The first kappa shape index (κ1) is 12.3. The van der Waals surface area contributed by atoms with Gasteiger partial charge in [0.25, 0.3) is 0 Å². The van der Waals surface area contributed by atoms with Crippen LogP contribution in [-0.2, 0) is 6.42 Å². The van der Waals surface area contributed by atoms with E-state index < -0.39 is 0 Å². The molecule has 0 spiro atoms. The summed E-state index contributed by atoms with van der Waals surface area (Å²) in [5.41, 5.74) is 1.45. The molecular weight excluding hydrogens is 256 g/mol. The van der Waals surface area contributed by atoms with Gasteiger partial charge in [0.15, 0.2) is 0 Å². The second-order valence-corrected chi connectivity index (χ2v) is 5.61. The lowest BCUT2D eigenvalue weighted by atomic mass is 10.1. The van der Waals surface area contributed by atoms with Gasteiger partial charge in [-0.25, -0.2) is 0 Å². The Labute approximate surface area is 99.9 Å². The van der Waals surface area contributed by atoms with E-state index in [1.54, 1.807) is 4.88 Å². The normalized spacial score (nSPS) is 10.8. The van der Waals surface area contributed by atoms with Gasteiger partial charge in [-0.2, -0.15) is 0 Å². The van der Waals surface area contributed by atoms with Gasteiger partial charge < -0.3 is 0 Å². The van der Waals surface area contributed by atoms with E-state index in [0.717, 1.165) is 0 Å². The molecule has 14 heavy (non-hydrogen) atoms. The summed E-state index contributed by atoms with van der Waals surface area (Å²) < 4.78 is 1.28. The summed E-state index contributed by atoms with van der Waals surface area (Å²) in [6.07, 6.45) is 8.15. The molecule has 1 heterocycles. The Morgan fingerprint density at radius 2 is 1.93 bits per heavy atom. The van der Waals surface area contributed by atoms with Crippen molar-refractivity contribution in [1.29, 1.82) is 0 Å². The summed E-state index contributed by atoms with van der Waals surface area (Å²) in [4.78, 5) is 1.56. The van der Waals surface area contributed by atoms with Crippen LogP contribution in [0.15, 0.2) is 9.85 Å². The van der Waals surface area contributed by atoms with E-state index in [1.165, 1.54) is 48.6 Å². The van der Waals surface area contributed by atoms with Gasteiger partial charge in [-0.15, -0.1) is 11.3 Å². The zero-order valence-electron chi connectivity index (χ0n) is 9.11. The standard InChI is InChI=1S/C12H19BrS/c1-3-4-5-6-7-8-12-10(2)11(13)9-14-12/h9H,3-8H2,1-2H3. The Hall–Kier alpha value is 0.180. The summed E-state index contributed by atoms with van der Waals surface area (Å²) in [6.45, 7) is 4.47. The third-order valence-corrected chi connectivity index (χ3v) is 4.86. The van der Waals surface area contributed by atoms with Crippen LogP contribution >= 0.6 is 27.3 Å². The van der Waals surface area contributed by atoms with Gasteiger partial charge in [0.1, 0.15) is 0 Å². The summed E-state index contributed by atoms with van der Waals surface area (Å²) in [6, 6.07) is 0. The molecule has 0 atom stereocenters. The van der Waals surface area contributed by atoms with E-state index in [0.29, 0.717) is 0 Å². The van der Waals surface area contributed by atoms with Crippen LogP contribution in [0.1, 0.15) is 49.5 Å². The highest BCUT2D eigenvalue weighted by Crippen LogP contribution is 2.27. The molecule has 1 aromatic rings. The number of aryl methyl sites for hydroxylation is 1. The Kier molecular flexibility index (Phi) is 5.80. The molecule has 0 unspecified atom stereocenters. The van der Waals surface area contributed by atoms with Crippen molar-refractivity contribution in [3.8, 4) is 0 Å². The van der Waals surface area contributed by atoms with Gasteiger partial charge in [-0.1, -0.05) is 32.6 Å². The molecule has 1 rings (SSSR count). The van der Waals surface area contributed by atoms with Crippen molar-refractivity contribution in [3.05, 3.63) is 20.3 Å².